The summed E-state index contributed by atoms with van der Waals surface area (Å²) < 4.78 is 0. The number of amides is 1. The normalized spacial score (nSPS) is 11.4. The molecule has 0 aromatic carbocycles. The summed E-state index contributed by atoms with van der Waals surface area (Å²) in [4.78, 5) is 20.1. The molecule has 5 N–H and O–H groups in total. The number of aliphatic carboxylic acids is 1. The molecule has 1 unspecified atom stereocenters. The molecule has 11 heavy (non-hydrogen) atoms. The molecule has 0 heterocycles. The molecule has 0 aliphatic heterocycles. The topological polar surface area (TPSA) is 106 Å². The predicted molar refractivity (Wildman–Crippen MR) is 41.2 cm³/mol. The van der Waals surface area contributed by atoms with Crippen LogP contribution in [0.2, 0.25) is 0 Å². The molecule has 0 fully saturated rings. The first kappa shape index (κ1) is 13.5. The molecule has 0 rings (SSSR count). The number of rotatable bonds is 4. The molecule has 60 valence electrons. The number of carboxylic acids is 1. The fraction of sp³-hybridized carbons (Fsp3) is 0.600. The van der Waals surface area contributed by atoms with Crippen LogP contribution in [0.3, 0.4) is 0 Å². The van der Waals surface area contributed by atoms with Crippen LogP contribution in [-0.2, 0) is 9.59 Å². The zero-order valence-electron chi connectivity index (χ0n) is 5.41. The third-order valence-corrected chi connectivity index (χ3v) is 1.02. The molecule has 1 atom stereocenters. The van der Waals surface area contributed by atoms with Gasteiger partial charge in [0.05, 0.1) is 0 Å². The first-order valence-corrected chi connectivity index (χ1v) is 2.80. The summed E-state index contributed by atoms with van der Waals surface area (Å²) in [5.74, 6) is -1.64. The number of carbonyl (C=O) groups excluding carboxylic acids is 1. The zero-order chi connectivity index (χ0) is 8.15. The van der Waals surface area contributed by atoms with Gasteiger partial charge in [0.1, 0.15) is 6.04 Å². The fourth-order valence-electron chi connectivity index (χ4n) is 0.421. The van der Waals surface area contributed by atoms with Crippen LogP contribution in [0.1, 0.15) is 12.8 Å². The second kappa shape index (κ2) is 6.60. The average Bonchev–Trinajstić information content (AvgIpc) is 1.82. The van der Waals surface area contributed by atoms with Crippen molar-refractivity contribution < 1.29 is 14.7 Å². The Bertz CT molecular complexity index is 151. The number of carbonyl (C=O) groups is 2. The molecule has 0 saturated carbocycles. The second-order valence-electron chi connectivity index (χ2n) is 1.95. The van der Waals surface area contributed by atoms with Crippen molar-refractivity contribution in [2.75, 3.05) is 0 Å². The van der Waals surface area contributed by atoms with E-state index < -0.39 is 17.9 Å². The van der Waals surface area contributed by atoms with Gasteiger partial charge in [0.25, 0.3) is 0 Å². The SMILES string of the molecule is NC(=O)CCC(N)C(=O)O.[NaH]. The summed E-state index contributed by atoms with van der Waals surface area (Å²) in [6.45, 7) is 0. The van der Waals surface area contributed by atoms with E-state index in [4.69, 9.17) is 16.6 Å². The first-order chi connectivity index (χ1) is 4.54. The van der Waals surface area contributed by atoms with Crippen LogP contribution in [0.25, 0.3) is 0 Å². The molecule has 0 bridgehead atoms. The summed E-state index contributed by atoms with van der Waals surface area (Å²) >= 11 is 0. The number of nitrogens with two attached hydrogens (primary N) is 2. The average molecular weight is 170 g/mol. The van der Waals surface area contributed by atoms with E-state index in [1.54, 1.807) is 0 Å². The maximum absolute atomic E-state index is 10.1. The Morgan fingerprint density at radius 3 is 2.18 bits per heavy atom. The van der Waals surface area contributed by atoms with Gasteiger partial charge in [-0.15, -0.1) is 0 Å². The molecule has 5 nitrogen and oxygen atoms in total. The Kier molecular flexibility index (Phi) is 8.09. The van der Waals surface area contributed by atoms with Crippen molar-refractivity contribution in [1.82, 2.24) is 0 Å². The third-order valence-electron chi connectivity index (χ3n) is 1.02. The van der Waals surface area contributed by atoms with Crippen LogP contribution in [0.15, 0.2) is 0 Å². The van der Waals surface area contributed by atoms with Crippen LogP contribution < -0.4 is 11.5 Å². The monoisotopic (exact) mass is 170 g/mol. The van der Waals surface area contributed by atoms with E-state index >= 15 is 0 Å². The Morgan fingerprint density at radius 1 is 1.45 bits per heavy atom. The zero-order valence-corrected chi connectivity index (χ0v) is 5.41. The molecular weight excluding hydrogens is 159 g/mol. The van der Waals surface area contributed by atoms with E-state index in [1.807, 2.05) is 0 Å². The number of primary amides is 1. The van der Waals surface area contributed by atoms with E-state index in [0.29, 0.717) is 0 Å². The van der Waals surface area contributed by atoms with Gasteiger partial charge >= 0.3 is 35.5 Å². The maximum atomic E-state index is 10.1. The van der Waals surface area contributed by atoms with Crippen LogP contribution in [0.5, 0.6) is 0 Å². The van der Waals surface area contributed by atoms with Crippen molar-refractivity contribution in [2.24, 2.45) is 11.5 Å². The Morgan fingerprint density at radius 2 is 1.91 bits per heavy atom. The first-order valence-electron chi connectivity index (χ1n) is 2.80. The minimum atomic E-state index is -1.11. The molecular formula is C5H11N2NaO3. The fourth-order valence-corrected chi connectivity index (χ4v) is 0.421. The number of hydrogen-bond acceptors (Lipinski definition) is 3. The third kappa shape index (κ3) is 7.80. The van der Waals surface area contributed by atoms with Gasteiger partial charge in [0.2, 0.25) is 5.91 Å². The van der Waals surface area contributed by atoms with Crippen molar-refractivity contribution in [3.63, 3.8) is 0 Å². The summed E-state index contributed by atoms with van der Waals surface area (Å²) in [6.07, 6.45) is 0.123. The number of hydrogen-bond donors (Lipinski definition) is 3. The van der Waals surface area contributed by atoms with Gasteiger partial charge in [0, 0.05) is 6.42 Å². The van der Waals surface area contributed by atoms with E-state index in [2.05, 4.69) is 0 Å². The van der Waals surface area contributed by atoms with Gasteiger partial charge in [-0.1, -0.05) is 0 Å². The van der Waals surface area contributed by atoms with Crippen molar-refractivity contribution in [1.29, 1.82) is 0 Å². The molecule has 1 amide bonds. The molecule has 0 aromatic rings. The van der Waals surface area contributed by atoms with Crippen LogP contribution in [0.4, 0.5) is 0 Å². The van der Waals surface area contributed by atoms with Gasteiger partial charge in [-0.2, -0.15) is 0 Å². The van der Waals surface area contributed by atoms with Gasteiger partial charge in [-0.05, 0) is 6.42 Å². The van der Waals surface area contributed by atoms with E-state index in [1.165, 1.54) is 0 Å². The molecule has 0 aliphatic rings. The summed E-state index contributed by atoms with van der Waals surface area (Å²) in [5.41, 5.74) is 9.81. The number of carboxylic acid groups (broad SMARTS) is 1. The standard InChI is InChI=1S/C5H10N2O3.Na.H/c6-3(5(9)10)1-2-4(7)8;;/h3H,1-2,6H2,(H2,7,8)(H,9,10);;. The minimum absolute atomic E-state index is 0. The molecule has 6 heteroatoms. The van der Waals surface area contributed by atoms with Crippen molar-refractivity contribution >= 4 is 41.4 Å². The van der Waals surface area contributed by atoms with Gasteiger partial charge < -0.3 is 16.6 Å². The quantitative estimate of drug-likeness (QED) is 0.425. The van der Waals surface area contributed by atoms with Crippen LogP contribution in [-0.4, -0.2) is 52.6 Å². The Labute approximate surface area is 86.4 Å². The Balaban J connectivity index is 0. The molecule has 0 aliphatic carbocycles. The Hall–Kier alpha value is -0.100. The van der Waals surface area contributed by atoms with Crippen molar-refractivity contribution in [3.8, 4) is 0 Å². The van der Waals surface area contributed by atoms with E-state index in [0.717, 1.165) is 0 Å². The summed E-state index contributed by atoms with van der Waals surface area (Å²) in [5, 5.41) is 8.22. The van der Waals surface area contributed by atoms with E-state index in [9.17, 15) is 9.59 Å². The predicted octanol–water partition coefficient (Wildman–Crippen LogP) is -1.98. The van der Waals surface area contributed by atoms with E-state index in [-0.39, 0.29) is 42.4 Å². The van der Waals surface area contributed by atoms with Crippen LogP contribution in [0, 0.1) is 0 Å². The summed E-state index contributed by atoms with van der Waals surface area (Å²) in [7, 11) is 0. The molecule has 0 radical (unpaired) electrons. The molecule has 0 spiro atoms. The van der Waals surface area contributed by atoms with Crippen LogP contribution >= 0.6 is 0 Å². The summed E-state index contributed by atoms with van der Waals surface area (Å²) in [6, 6.07) is -0.979. The van der Waals surface area contributed by atoms with Gasteiger partial charge in [-0.3, -0.25) is 9.59 Å². The second-order valence-corrected chi connectivity index (χ2v) is 1.95. The molecule has 0 aromatic heterocycles. The van der Waals surface area contributed by atoms with Crippen molar-refractivity contribution in [3.05, 3.63) is 0 Å². The van der Waals surface area contributed by atoms with Gasteiger partial charge in [-0.25, -0.2) is 0 Å². The molecule has 0 saturated heterocycles. The van der Waals surface area contributed by atoms with Crippen molar-refractivity contribution in [2.45, 2.75) is 18.9 Å². The van der Waals surface area contributed by atoms with Gasteiger partial charge in [0.15, 0.2) is 0 Å².